The van der Waals surface area contributed by atoms with Crippen molar-refractivity contribution in [3.63, 3.8) is 0 Å². The Morgan fingerprint density at radius 2 is 1.07 bits per heavy atom. The van der Waals surface area contributed by atoms with Gasteiger partial charge in [0.1, 0.15) is 0 Å². The van der Waals surface area contributed by atoms with Crippen LogP contribution in [0.5, 0.6) is 0 Å². The fraction of sp³-hybridized carbons (Fsp3) is 0.250. The highest BCUT2D eigenvalue weighted by molar-refractivity contribution is 6.08. The molecule has 4 saturated carbocycles. The van der Waals surface area contributed by atoms with E-state index in [4.69, 9.17) is 15.0 Å². The average molecular weight is 569 g/mol. The van der Waals surface area contributed by atoms with Crippen LogP contribution in [0.2, 0.25) is 0 Å². The SMILES string of the molecule is N#Cc1ccc2c(ccc3cc(-c4nc(-c5ccccc5)nc(-c5ccc(C67CC8C[C@H](C6)C[C@@H](C8)C7)cc5)n4)ccc32)c1. The van der Waals surface area contributed by atoms with Crippen molar-refractivity contribution in [2.75, 3.05) is 0 Å². The second-order valence-corrected chi connectivity index (χ2v) is 13.5. The van der Waals surface area contributed by atoms with Crippen molar-refractivity contribution in [3.8, 4) is 40.2 Å². The Hall–Kier alpha value is -4.88. The highest BCUT2D eigenvalue weighted by atomic mass is 15.0. The van der Waals surface area contributed by atoms with E-state index < -0.39 is 0 Å². The maximum atomic E-state index is 9.33. The molecule has 4 fully saturated rings. The molecule has 4 nitrogen and oxygen atoms in total. The van der Waals surface area contributed by atoms with Gasteiger partial charge in [0.25, 0.3) is 0 Å². The first-order chi connectivity index (χ1) is 21.6. The maximum absolute atomic E-state index is 9.33. The summed E-state index contributed by atoms with van der Waals surface area (Å²) in [6, 6.07) is 38.1. The molecular formula is C40H32N4. The predicted octanol–water partition coefficient (Wildman–Crippen LogP) is 9.52. The summed E-state index contributed by atoms with van der Waals surface area (Å²) in [5, 5.41) is 13.8. The van der Waals surface area contributed by atoms with Crippen LogP contribution in [0, 0.1) is 29.1 Å². The van der Waals surface area contributed by atoms with Crippen LogP contribution < -0.4 is 0 Å². The smallest absolute Gasteiger partial charge is 0.164 e. The minimum Gasteiger partial charge on any atom is -0.208 e. The van der Waals surface area contributed by atoms with E-state index >= 15 is 0 Å². The van der Waals surface area contributed by atoms with Crippen LogP contribution in [0.3, 0.4) is 0 Å². The van der Waals surface area contributed by atoms with Gasteiger partial charge in [-0.15, -0.1) is 0 Å². The molecule has 10 rings (SSSR count). The van der Waals surface area contributed by atoms with Crippen molar-refractivity contribution in [3.05, 3.63) is 114 Å². The van der Waals surface area contributed by atoms with Crippen molar-refractivity contribution in [1.29, 1.82) is 5.26 Å². The van der Waals surface area contributed by atoms with Crippen molar-refractivity contribution in [2.24, 2.45) is 17.8 Å². The molecule has 5 aromatic carbocycles. The lowest BCUT2D eigenvalue weighted by Gasteiger charge is -2.57. The van der Waals surface area contributed by atoms with Gasteiger partial charge in [0.15, 0.2) is 17.5 Å². The summed E-state index contributed by atoms with van der Waals surface area (Å²) in [6.45, 7) is 0. The van der Waals surface area contributed by atoms with Crippen LogP contribution in [0.4, 0.5) is 0 Å². The lowest BCUT2D eigenvalue weighted by Crippen LogP contribution is -2.48. The Morgan fingerprint density at radius 1 is 0.545 bits per heavy atom. The van der Waals surface area contributed by atoms with E-state index in [2.05, 4.69) is 72.8 Å². The lowest BCUT2D eigenvalue weighted by atomic mass is 9.48. The zero-order chi connectivity index (χ0) is 29.3. The largest absolute Gasteiger partial charge is 0.208 e. The summed E-state index contributed by atoms with van der Waals surface area (Å²) < 4.78 is 0. The van der Waals surface area contributed by atoms with E-state index in [0.29, 0.717) is 28.5 Å². The first kappa shape index (κ1) is 25.6. The minimum absolute atomic E-state index is 0.373. The summed E-state index contributed by atoms with van der Waals surface area (Å²) in [5.41, 5.74) is 5.52. The van der Waals surface area contributed by atoms with Crippen LogP contribution in [0.25, 0.3) is 55.7 Å². The molecule has 4 bridgehead atoms. The van der Waals surface area contributed by atoms with E-state index in [-0.39, 0.29) is 0 Å². The van der Waals surface area contributed by atoms with Crippen LogP contribution in [0.1, 0.15) is 49.7 Å². The minimum atomic E-state index is 0.373. The molecule has 0 amide bonds. The van der Waals surface area contributed by atoms with Crippen LogP contribution in [-0.4, -0.2) is 15.0 Å². The van der Waals surface area contributed by atoms with Crippen LogP contribution in [-0.2, 0) is 5.41 Å². The molecule has 0 N–H and O–H groups in total. The van der Waals surface area contributed by atoms with Crippen LogP contribution in [0.15, 0.2) is 103 Å². The molecule has 0 saturated heterocycles. The van der Waals surface area contributed by atoms with E-state index in [9.17, 15) is 5.26 Å². The molecule has 0 unspecified atom stereocenters. The third-order valence-electron chi connectivity index (χ3n) is 10.7. The molecule has 44 heavy (non-hydrogen) atoms. The number of fused-ring (bicyclic) bond motifs is 3. The van der Waals surface area contributed by atoms with Crippen molar-refractivity contribution >= 4 is 21.5 Å². The van der Waals surface area contributed by atoms with Crippen molar-refractivity contribution in [2.45, 2.75) is 43.9 Å². The predicted molar refractivity (Wildman–Crippen MR) is 176 cm³/mol. The van der Waals surface area contributed by atoms with Gasteiger partial charge in [0, 0.05) is 16.7 Å². The summed E-state index contributed by atoms with van der Waals surface area (Å²) in [7, 11) is 0. The van der Waals surface area contributed by atoms with E-state index in [0.717, 1.165) is 56.0 Å². The Bertz CT molecular complexity index is 2070. The lowest BCUT2D eigenvalue weighted by molar-refractivity contribution is -0.00518. The Labute approximate surface area is 257 Å². The molecule has 0 atom stereocenters. The van der Waals surface area contributed by atoms with Gasteiger partial charge in [0.2, 0.25) is 0 Å². The Kier molecular flexibility index (Phi) is 5.72. The maximum Gasteiger partial charge on any atom is 0.164 e. The quantitative estimate of drug-likeness (QED) is 0.199. The zero-order valence-electron chi connectivity index (χ0n) is 24.6. The third kappa shape index (κ3) is 4.22. The highest BCUT2D eigenvalue weighted by Gasteiger charge is 2.51. The van der Waals surface area contributed by atoms with Crippen molar-refractivity contribution in [1.82, 2.24) is 15.0 Å². The molecule has 212 valence electrons. The highest BCUT2D eigenvalue weighted by Crippen LogP contribution is 2.60. The molecular weight excluding hydrogens is 536 g/mol. The summed E-state index contributed by atoms with van der Waals surface area (Å²) in [4.78, 5) is 15.0. The molecule has 4 aliphatic rings. The van der Waals surface area contributed by atoms with Gasteiger partial charge in [-0.1, -0.05) is 84.9 Å². The molecule has 0 radical (unpaired) electrons. The molecule has 1 aromatic heterocycles. The zero-order valence-corrected chi connectivity index (χ0v) is 24.6. The molecule has 1 heterocycles. The fourth-order valence-electron chi connectivity index (χ4n) is 9.07. The van der Waals surface area contributed by atoms with E-state index in [1.54, 1.807) is 0 Å². The molecule has 0 spiro atoms. The van der Waals surface area contributed by atoms with Crippen molar-refractivity contribution < 1.29 is 0 Å². The van der Waals surface area contributed by atoms with Gasteiger partial charge < -0.3 is 0 Å². The second kappa shape index (κ2) is 9.82. The average Bonchev–Trinajstić information content (AvgIpc) is 3.07. The molecule has 4 aliphatic carbocycles. The Balaban J connectivity index is 1.13. The molecule has 6 aromatic rings. The molecule has 4 heteroatoms. The van der Waals surface area contributed by atoms with Gasteiger partial charge in [-0.3, -0.25) is 0 Å². The van der Waals surface area contributed by atoms with Gasteiger partial charge >= 0.3 is 0 Å². The monoisotopic (exact) mass is 568 g/mol. The van der Waals surface area contributed by atoms with Crippen LogP contribution >= 0.6 is 0 Å². The fourth-order valence-corrected chi connectivity index (χ4v) is 9.07. The summed E-state index contributed by atoms with van der Waals surface area (Å²) in [5.74, 6) is 4.83. The number of aromatic nitrogens is 3. The number of benzene rings is 5. The van der Waals surface area contributed by atoms with Gasteiger partial charge in [-0.05, 0) is 107 Å². The number of rotatable bonds is 4. The van der Waals surface area contributed by atoms with E-state index in [1.807, 2.05) is 36.4 Å². The van der Waals surface area contributed by atoms with Gasteiger partial charge in [-0.2, -0.15) is 5.26 Å². The van der Waals surface area contributed by atoms with E-state index in [1.165, 1.54) is 44.1 Å². The normalized spacial score (nSPS) is 23.7. The summed E-state index contributed by atoms with van der Waals surface area (Å²) >= 11 is 0. The first-order valence-electron chi connectivity index (χ1n) is 15.9. The van der Waals surface area contributed by atoms with Gasteiger partial charge in [0.05, 0.1) is 11.6 Å². The topological polar surface area (TPSA) is 62.5 Å². The number of hydrogen-bond acceptors (Lipinski definition) is 4. The first-order valence-corrected chi connectivity index (χ1v) is 15.9. The summed E-state index contributed by atoms with van der Waals surface area (Å²) in [6.07, 6.45) is 8.47. The number of hydrogen-bond donors (Lipinski definition) is 0. The third-order valence-corrected chi connectivity index (χ3v) is 10.7. The number of nitriles is 1. The molecule has 0 aliphatic heterocycles. The van der Waals surface area contributed by atoms with Gasteiger partial charge in [-0.25, -0.2) is 15.0 Å². The Morgan fingerprint density at radius 3 is 1.68 bits per heavy atom. The second-order valence-electron chi connectivity index (χ2n) is 13.5. The number of nitrogens with zero attached hydrogens (tertiary/aromatic N) is 4. The standard InChI is InChI=1S/C40H32N4/c41-24-25-6-14-35-31(19-25)7-8-32-20-33(11-15-36(32)35)39-43-37(29-4-2-1-3-5-29)42-38(44-39)30-9-12-34(13-10-30)40-21-26-16-27(22-40)18-28(17-26)23-40/h1-15,19-20,26-28H,16-18,21-23H2/t26-,27+,28?,40?.